The van der Waals surface area contributed by atoms with Crippen LogP contribution in [0.25, 0.3) is 0 Å². The minimum absolute atomic E-state index is 0.0494. The van der Waals surface area contributed by atoms with Gasteiger partial charge in [-0.15, -0.1) is 0 Å². The first-order valence-electron chi connectivity index (χ1n) is 8.76. The lowest BCUT2D eigenvalue weighted by Gasteiger charge is -2.08. The minimum atomic E-state index is -0.217. The Morgan fingerprint density at radius 2 is 1.48 bits per heavy atom. The molecule has 3 rings (SSSR count). The van der Waals surface area contributed by atoms with E-state index in [1.165, 1.54) is 0 Å². The highest BCUT2D eigenvalue weighted by Crippen LogP contribution is 2.30. The van der Waals surface area contributed by atoms with Gasteiger partial charge in [-0.25, -0.2) is 0 Å². The Bertz CT molecular complexity index is 831. The van der Waals surface area contributed by atoms with Crippen LogP contribution in [0.5, 0.6) is 0 Å². The Hall–Kier alpha value is -2.67. The van der Waals surface area contributed by atoms with Crippen LogP contribution in [0, 0.1) is 5.92 Å². The van der Waals surface area contributed by atoms with Gasteiger partial charge < -0.3 is 16.0 Å². The molecule has 2 aromatic carbocycles. The predicted molar refractivity (Wildman–Crippen MR) is 108 cm³/mol. The molecule has 0 radical (unpaired) electrons. The molecule has 0 aliphatic heterocycles. The van der Waals surface area contributed by atoms with Gasteiger partial charge in [0.05, 0.1) is 0 Å². The number of carbonyl (C=O) groups excluding carboxylic acids is 3. The zero-order valence-corrected chi connectivity index (χ0v) is 16.2. The summed E-state index contributed by atoms with van der Waals surface area (Å²) in [5, 5.41) is 8.34. The van der Waals surface area contributed by atoms with Gasteiger partial charge in [-0.05, 0) is 61.4 Å². The summed E-state index contributed by atoms with van der Waals surface area (Å²) in [5.41, 5.74) is 1.90. The summed E-state index contributed by atoms with van der Waals surface area (Å²) < 4.78 is 0.900. The molecule has 0 unspecified atom stereocenters. The zero-order valence-electron chi connectivity index (χ0n) is 14.6. The van der Waals surface area contributed by atoms with E-state index in [2.05, 4.69) is 31.9 Å². The van der Waals surface area contributed by atoms with Gasteiger partial charge in [0.2, 0.25) is 11.8 Å². The summed E-state index contributed by atoms with van der Waals surface area (Å²) in [6.45, 7) is 0.246. The molecule has 0 bridgehead atoms. The summed E-state index contributed by atoms with van der Waals surface area (Å²) in [6.07, 6.45) is 2.08. The van der Waals surface area contributed by atoms with Gasteiger partial charge in [-0.1, -0.05) is 15.9 Å². The molecule has 140 valence electrons. The molecule has 0 atom stereocenters. The second kappa shape index (κ2) is 8.81. The number of rotatable bonds is 7. The number of anilines is 2. The van der Waals surface area contributed by atoms with E-state index in [-0.39, 0.29) is 36.6 Å². The number of nitrogens with one attached hydrogen (secondary N) is 3. The van der Waals surface area contributed by atoms with Gasteiger partial charge in [-0.3, -0.25) is 14.4 Å². The second-order valence-corrected chi connectivity index (χ2v) is 7.32. The Morgan fingerprint density at radius 1 is 0.889 bits per heavy atom. The van der Waals surface area contributed by atoms with E-state index in [1.807, 2.05) is 0 Å². The fourth-order valence-corrected chi connectivity index (χ4v) is 2.71. The number of hydrogen-bond donors (Lipinski definition) is 3. The van der Waals surface area contributed by atoms with Crippen molar-refractivity contribution in [3.8, 4) is 0 Å². The average Bonchev–Trinajstić information content (AvgIpc) is 3.49. The third-order valence-electron chi connectivity index (χ3n) is 4.13. The van der Waals surface area contributed by atoms with E-state index in [0.717, 1.165) is 17.3 Å². The van der Waals surface area contributed by atoms with Crippen LogP contribution < -0.4 is 16.0 Å². The van der Waals surface area contributed by atoms with Gasteiger partial charge in [0, 0.05) is 40.3 Å². The van der Waals surface area contributed by atoms with Crippen molar-refractivity contribution in [2.24, 2.45) is 5.92 Å². The standard InChI is InChI=1S/C20H20BrN3O3/c21-15-5-3-13(4-6-15)19(26)22-12-11-18(25)23-16-7-9-17(10-8-16)24-20(27)14-1-2-14/h3-10,14H,1-2,11-12H2,(H,22,26)(H,23,25)(H,24,27). The minimum Gasteiger partial charge on any atom is -0.352 e. The van der Waals surface area contributed by atoms with Crippen LogP contribution in [0.1, 0.15) is 29.6 Å². The maximum atomic E-state index is 12.0. The van der Waals surface area contributed by atoms with E-state index in [9.17, 15) is 14.4 Å². The lowest BCUT2D eigenvalue weighted by Crippen LogP contribution is -2.27. The van der Waals surface area contributed by atoms with E-state index < -0.39 is 0 Å². The van der Waals surface area contributed by atoms with Gasteiger partial charge in [-0.2, -0.15) is 0 Å². The van der Waals surface area contributed by atoms with Crippen LogP contribution in [0.3, 0.4) is 0 Å². The third-order valence-corrected chi connectivity index (χ3v) is 4.66. The molecular formula is C20H20BrN3O3. The molecular weight excluding hydrogens is 410 g/mol. The number of hydrogen-bond acceptors (Lipinski definition) is 3. The quantitative estimate of drug-likeness (QED) is 0.628. The van der Waals surface area contributed by atoms with Crippen LogP contribution in [0.15, 0.2) is 53.0 Å². The predicted octanol–water partition coefficient (Wildman–Crippen LogP) is 3.56. The normalized spacial score (nSPS) is 12.9. The highest BCUT2D eigenvalue weighted by atomic mass is 79.9. The lowest BCUT2D eigenvalue weighted by atomic mass is 10.2. The molecule has 0 spiro atoms. The van der Waals surface area contributed by atoms with Gasteiger partial charge in [0.1, 0.15) is 0 Å². The first kappa shape index (κ1) is 19.1. The van der Waals surface area contributed by atoms with Crippen LogP contribution in [-0.4, -0.2) is 24.3 Å². The molecule has 3 N–H and O–H groups in total. The van der Waals surface area contributed by atoms with Crippen LogP contribution in [0.2, 0.25) is 0 Å². The topological polar surface area (TPSA) is 87.3 Å². The van der Waals surface area contributed by atoms with E-state index in [4.69, 9.17) is 0 Å². The van der Waals surface area contributed by atoms with Crippen molar-refractivity contribution in [3.05, 3.63) is 58.6 Å². The van der Waals surface area contributed by atoms with Crippen LogP contribution in [-0.2, 0) is 9.59 Å². The third kappa shape index (κ3) is 5.92. The van der Waals surface area contributed by atoms with Gasteiger partial charge in [0.15, 0.2) is 0 Å². The zero-order chi connectivity index (χ0) is 19.2. The fraction of sp³-hybridized carbons (Fsp3) is 0.250. The highest BCUT2D eigenvalue weighted by Gasteiger charge is 2.29. The maximum Gasteiger partial charge on any atom is 0.251 e. The fourth-order valence-electron chi connectivity index (χ4n) is 2.44. The van der Waals surface area contributed by atoms with Crippen molar-refractivity contribution in [1.29, 1.82) is 0 Å². The molecule has 1 aliphatic carbocycles. The van der Waals surface area contributed by atoms with Crippen molar-refractivity contribution in [1.82, 2.24) is 5.32 Å². The van der Waals surface area contributed by atoms with Gasteiger partial charge >= 0.3 is 0 Å². The van der Waals surface area contributed by atoms with E-state index >= 15 is 0 Å². The lowest BCUT2D eigenvalue weighted by molar-refractivity contribution is -0.117. The molecule has 2 aromatic rings. The second-order valence-electron chi connectivity index (χ2n) is 6.40. The maximum absolute atomic E-state index is 12.0. The number of benzene rings is 2. The number of carbonyl (C=O) groups is 3. The summed E-state index contributed by atoms with van der Waals surface area (Å²) >= 11 is 3.32. The van der Waals surface area contributed by atoms with E-state index in [1.54, 1.807) is 48.5 Å². The van der Waals surface area contributed by atoms with Crippen molar-refractivity contribution >= 4 is 45.0 Å². The SMILES string of the molecule is O=C(CCNC(=O)c1ccc(Br)cc1)Nc1ccc(NC(=O)C2CC2)cc1. The summed E-state index contributed by atoms with van der Waals surface area (Å²) in [5.74, 6) is -0.211. The number of amides is 3. The smallest absolute Gasteiger partial charge is 0.251 e. The molecule has 0 heterocycles. The molecule has 1 saturated carbocycles. The number of halogens is 1. The molecule has 3 amide bonds. The van der Waals surface area contributed by atoms with Crippen molar-refractivity contribution in [2.75, 3.05) is 17.2 Å². The van der Waals surface area contributed by atoms with Crippen LogP contribution in [0.4, 0.5) is 11.4 Å². The first-order chi connectivity index (χ1) is 13.0. The van der Waals surface area contributed by atoms with Crippen molar-refractivity contribution in [2.45, 2.75) is 19.3 Å². The highest BCUT2D eigenvalue weighted by molar-refractivity contribution is 9.10. The average molecular weight is 430 g/mol. The monoisotopic (exact) mass is 429 g/mol. The van der Waals surface area contributed by atoms with Gasteiger partial charge in [0.25, 0.3) is 5.91 Å². The molecule has 6 nitrogen and oxygen atoms in total. The summed E-state index contributed by atoms with van der Waals surface area (Å²) in [6, 6.07) is 14.0. The molecule has 1 fully saturated rings. The van der Waals surface area contributed by atoms with Crippen molar-refractivity contribution in [3.63, 3.8) is 0 Å². The van der Waals surface area contributed by atoms with Crippen LogP contribution >= 0.6 is 15.9 Å². The summed E-state index contributed by atoms with van der Waals surface area (Å²) in [4.78, 5) is 35.7. The largest absolute Gasteiger partial charge is 0.352 e. The Labute approximate surface area is 165 Å². The molecule has 0 aromatic heterocycles. The first-order valence-corrected chi connectivity index (χ1v) is 9.55. The Balaban J connectivity index is 1.40. The molecule has 27 heavy (non-hydrogen) atoms. The molecule has 1 aliphatic rings. The van der Waals surface area contributed by atoms with Crippen molar-refractivity contribution < 1.29 is 14.4 Å². The Morgan fingerprint density at radius 3 is 2.07 bits per heavy atom. The molecule has 0 saturated heterocycles. The van der Waals surface area contributed by atoms with E-state index in [0.29, 0.717) is 16.9 Å². The Kier molecular flexibility index (Phi) is 6.24. The molecule has 7 heteroatoms. The summed E-state index contributed by atoms with van der Waals surface area (Å²) in [7, 11) is 0.